The van der Waals surface area contributed by atoms with Crippen LogP contribution in [0.25, 0.3) is 0 Å². The summed E-state index contributed by atoms with van der Waals surface area (Å²) in [5.41, 5.74) is 0.209. The molecule has 3 rings (SSSR count). The average Bonchev–Trinajstić information content (AvgIpc) is 3.19. The number of H-pyrrole nitrogens is 1. The number of nitrogens with one attached hydrogen (secondary N) is 3. The molecule has 0 aliphatic heterocycles. The molecule has 2 heterocycles. The van der Waals surface area contributed by atoms with E-state index in [2.05, 4.69) is 25.8 Å². The minimum atomic E-state index is -0.898. The molecule has 172 valence electrons. The van der Waals surface area contributed by atoms with Gasteiger partial charge in [-0.2, -0.15) is 0 Å². The molecule has 0 aromatic carbocycles. The molecule has 0 spiro atoms. The molecule has 2 amide bonds. The predicted octanol–water partition coefficient (Wildman–Crippen LogP) is 2.11. The van der Waals surface area contributed by atoms with Gasteiger partial charge in [0.25, 0.3) is 11.8 Å². The number of halogens is 1. The molecule has 1 aliphatic carbocycles. The summed E-state index contributed by atoms with van der Waals surface area (Å²) in [5, 5.41) is 11.7. The molecule has 1 aliphatic rings. The van der Waals surface area contributed by atoms with E-state index in [-0.39, 0.29) is 29.3 Å². The zero-order valence-corrected chi connectivity index (χ0v) is 18.6. The van der Waals surface area contributed by atoms with Crippen molar-refractivity contribution in [2.24, 2.45) is 11.8 Å². The highest BCUT2D eigenvalue weighted by Gasteiger charge is 2.35. The summed E-state index contributed by atoms with van der Waals surface area (Å²) >= 11 is 5.82. The molecule has 2 aromatic heterocycles. The van der Waals surface area contributed by atoms with Gasteiger partial charge in [-0.15, -0.1) is 5.10 Å². The van der Waals surface area contributed by atoms with Gasteiger partial charge in [0.1, 0.15) is 5.69 Å². The summed E-state index contributed by atoms with van der Waals surface area (Å²) in [6, 6.07) is 1.80. The van der Waals surface area contributed by atoms with E-state index in [1.807, 2.05) is 13.8 Å². The van der Waals surface area contributed by atoms with Crippen LogP contribution < -0.4 is 16.4 Å². The Bertz CT molecular complexity index is 1020. The highest BCUT2D eigenvalue weighted by Crippen LogP contribution is 2.26. The number of nitrogens with zero attached hydrogens (tertiary/aromatic N) is 2. The van der Waals surface area contributed by atoms with E-state index in [9.17, 15) is 19.2 Å². The third-order valence-electron chi connectivity index (χ3n) is 5.37. The van der Waals surface area contributed by atoms with Crippen LogP contribution >= 0.6 is 11.6 Å². The van der Waals surface area contributed by atoms with Gasteiger partial charge in [0.2, 0.25) is 11.7 Å². The highest BCUT2D eigenvalue weighted by atomic mass is 35.5. The van der Waals surface area contributed by atoms with Gasteiger partial charge < -0.3 is 15.1 Å². The summed E-state index contributed by atoms with van der Waals surface area (Å²) in [6.07, 6.45) is 4.65. The largest absolute Gasteiger partial charge is 0.434 e. The molecule has 1 saturated carbocycles. The van der Waals surface area contributed by atoms with Crippen LogP contribution in [0.4, 0.5) is 0 Å². The lowest BCUT2D eigenvalue weighted by Crippen LogP contribution is -2.52. The number of rotatable bonds is 8. The topological polar surface area (TPSA) is 147 Å². The van der Waals surface area contributed by atoms with Gasteiger partial charge >= 0.3 is 5.76 Å². The number of carbonyl (C=O) groups excluding carboxylic acids is 3. The highest BCUT2D eigenvalue weighted by molar-refractivity contribution is 6.30. The monoisotopic (exact) mass is 463 g/mol. The number of Topliss-reactive ketones (excluding diaryl/α,β-unsaturated/α-hetero) is 1. The van der Waals surface area contributed by atoms with Crippen LogP contribution in [0.15, 0.2) is 27.5 Å². The van der Waals surface area contributed by atoms with Crippen LogP contribution in [-0.4, -0.2) is 44.9 Å². The van der Waals surface area contributed by atoms with E-state index in [0.29, 0.717) is 24.3 Å². The third-order valence-corrected chi connectivity index (χ3v) is 5.59. The van der Waals surface area contributed by atoms with Crippen molar-refractivity contribution in [2.75, 3.05) is 0 Å². The van der Waals surface area contributed by atoms with E-state index in [4.69, 9.17) is 16.0 Å². The number of amides is 2. The van der Waals surface area contributed by atoms with Crippen molar-refractivity contribution in [3.8, 4) is 0 Å². The molecule has 3 N–H and O–H groups in total. The number of aromatic nitrogens is 3. The molecule has 0 bridgehead atoms. The maximum atomic E-state index is 13.1. The summed E-state index contributed by atoms with van der Waals surface area (Å²) in [4.78, 5) is 53.7. The van der Waals surface area contributed by atoms with Crippen molar-refractivity contribution < 1.29 is 18.8 Å². The van der Waals surface area contributed by atoms with E-state index in [1.54, 1.807) is 6.07 Å². The Balaban J connectivity index is 1.71. The predicted molar refractivity (Wildman–Crippen MR) is 115 cm³/mol. The Morgan fingerprint density at radius 1 is 1.25 bits per heavy atom. The molecule has 0 unspecified atom stereocenters. The lowest BCUT2D eigenvalue weighted by molar-refractivity contribution is -0.127. The fraction of sp³-hybridized carbons (Fsp3) is 0.524. The van der Waals surface area contributed by atoms with Crippen LogP contribution in [0.2, 0.25) is 5.02 Å². The van der Waals surface area contributed by atoms with Crippen LogP contribution in [0, 0.1) is 11.8 Å². The molecular weight excluding hydrogens is 438 g/mol. The number of carbonyl (C=O) groups is 3. The van der Waals surface area contributed by atoms with Crippen molar-refractivity contribution in [3.05, 3.63) is 45.5 Å². The fourth-order valence-electron chi connectivity index (χ4n) is 3.84. The molecule has 1 fully saturated rings. The van der Waals surface area contributed by atoms with Crippen molar-refractivity contribution in [2.45, 2.75) is 58.0 Å². The van der Waals surface area contributed by atoms with E-state index in [1.165, 1.54) is 12.3 Å². The number of ketones is 1. The van der Waals surface area contributed by atoms with E-state index >= 15 is 0 Å². The Morgan fingerprint density at radius 2 is 2.00 bits per heavy atom. The number of aromatic amines is 1. The second-order valence-corrected chi connectivity index (χ2v) is 8.74. The quantitative estimate of drug-likeness (QED) is 0.508. The van der Waals surface area contributed by atoms with Crippen LogP contribution in [-0.2, 0) is 4.79 Å². The first-order valence-electron chi connectivity index (χ1n) is 10.6. The lowest BCUT2D eigenvalue weighted by atomic mass is 9.83. The fourth-order valence-corrected chi connectivity index (χ4v) is 3.95. The van der Waals surface area contributed by atoms with Crippen molar-refractivity contribution in [1.29, 1.82) is 0 Å². The molecule has 11 heteroatoms. The van der Waals surface area contributed by atoms with Crippen molar-refractivity contribution in [1.82, 2.24) is 25.8 Å². The summed E-state index contributed by atoms with van der Waals surface area (Å²) in [6.45, 7) is 3.83. The molecule has 0 saturated heterocycles. The van der Waals surface area contributed by atoms with Gasteiger partial charge in [-0.25, -0.2) is 14.9 Å². The second-order valence-electron chi connectivity index (χ2n) is 8.31. The summed E-state index contributed by atoms with van der Waals surface area (Å²) in [5.74, 6) is -2.93. The maximum Gasteiger partial charge on any atom is 0.434 e. The Hall–Kier alpha value is -3.01. The molecule has 2 aromatic rings. The third kappa shape index (κ3) is 6.03. The molecule has 0 radical (unpaired) electrons. The summed E-state index contributed by atoms with van der Waals surface area (Å²) < 4.78 is 4.77. The van der Waals surface area contributed by atoms with Gasteiger partial charge in [0.05, 0.1) is 17.0 Å². The molecule has 32 heavy (non-hydrogen) atoms. The average molecular weight is 464 g/mol. The normalized spacial score (nSPS) is 19.4. The number of hydrogen-bond donors (Lipinski definition) is 3. The molecule has 10 nitrogen and oxygen atoms in total. The first-order chi connectivity index (χ1) is 15.2. The van der Waals surface area contributed by atoms with Gasteiger partial charge in [0, 0.05) is 12.2 Å². The van der Waals surface area contributed by atoms with E-state index in [0.717, 1.165) is 12.8 Å². The van der Waals surface area contributed by atoms with Crippen LogP contribution in [0.3, 0.4) is 0 Å². The number of hydrogen-bond acceptors (Lipinski definition) is 7. The van der Waals surface area contributed by atoms with Gasteiger partial charge in [-0.05, 0) is 37.3 Å². The Kier molecular flexibility index (Phi) is 7.79. The SMILES string of the molecule is CC(C)C[C@H](NC(=O)[C@@H]1CCCC[C@@H]1NC(=O)c1ccc(Cl)cn1)C(=O)c1n[nH]c(=O)o1. The van der Waals surface area contributed by atoms with Crippen molar-refractivity contribution in [3.63, 3.8) is 0 Å². The smallest absolute Gasteiger partial charge is 0.384 e. The second kappa shape index (κ2) is 10.5. The first kappa shape index (κ1) is 23.6. The zero-order valence-electron chi connectivity index (χ0n) is 17.9. The first-order valence-corrected chi connectivity index (χ1v) is 10.9. The van der Waals surface area contributed by atoms with Gasteiger partial charge in [0.15, 0.2) is 0 Å². The lowest BCUT2D eigenvalue weighted by Gasteiger charge is -2.32. The maximum absolute atomic E-state index is 13.1. The Morgan fingerprint density at radius 3 is 2.62 bits per heavy atom. The van der Waals surface area contributed by atoms with Gasteiger partial charge in [-0.3, -0.25) is 14.4 Å². The molecular formula is C21H26ClN5O5. The summed E-state index contributed by atoms with van der Waals surface area (Å²) in [7, 11) is 0. The molecule has 3 atom stereocenters. The number of pyridine rings is 1. The van der Waals surface area contributed by atoms with Crippen LogP contribution in [0.5, 0.6) is 0 Å². The van der Waals surface area contributed by atoms with Gasteiger partial charge in [-0.1, -0.05) is 38.3 Å². The minimum Gasteiger partial charge on any atom is -0.384 e. The standard InChI is InChI=1S/C21H26ClN5O5/c1-11(2)9-16(17(28)20-26-27-21(31)32-20)25-18(29)13-5-3-4-6-14(13)24-19(30)15-8-7-12(22)10-23-15/h7-8,10-11,13-14,16H,3-6,9H2,1-2H3,(H,24,30)(H,25,29)(H,27,31)/t13-,14+,16+/m1/s1. The zero-order chi connectivity index (χ0) is 23.3. The van der Waals surface area contributed by atoms with Crippen molar-refractivity contribution >= 4 is 29.2 Å². The Labute approximate surface area is 189 Å². The minimum absolute atomic E-state index is 0.0905. The van der Waals surface area contributed by atoms with E-state index < -0.39 is 29.5 Å². The van der Waals surface area contributed by atoms with Crippen LogP contribution in [0.1, 0.15) is 67.1 Å².